The van der Waals surface area contributed by atoms with Gasteiger partial charge in [-0.2, -0.15) is 0 Å². The van der Waals surface area contributed by atoms with E-state index in [2.05, 4.69) is 9.97 Å². The Morgan fingerprint density at radius 1 is 1.07 bits per heavy atom. The Labute approximate surface area is 165 Å². The predicted octanol–water partition coefficient (Wildman–Crippen LogP) is 4.20. The molecule has 5 heteroatoms. The van der Waals surface area contributed by atoms with Crippen LogP contribution in [-0.4, -0.2) is 32.9 Å². The van der Waals surface area contributed by atoms with Crippen molar-refractivity contribution in [3.63, 3.8) is 0 Å². The molecule has 3 aromatic rings. The van der Waals surface area contributed by atoms with Crippen LogP contribution in [0.1, 0.15) is 48.4 Å². The van der Waals surface area contributed by atoms with Crippen LogP contribution in [0.2, 0.25) is 0 Å². The largest absolute Gasteiger partial charge is 0.386 e. The van der Waals surface area contributed by atoms with Gasteiger partial charge in [-0.25, -0.2) is 0 Å². The minimum Gasteiger partial charge on any atom is -0.386 e. The van der Waals surface area contributed by atoms with Gasteiger partial charge in [-0.15, -0.1) is 0 Å². The first kappa shape index (κ1) is 19.7. The second kappa shape index (κ2) is 7.90. The van der Waals surface area contributed by atoms with E-state index >= 15 is 0 Å². The summed E-state index contributed by atoms with van der Waals surface area (Å²) in [5.74, 6) is -0.0620. The number of pyridine rings is 2. The lowest BCUT2D eigenvalue weighted by Crippen LogP contribution is -2.30. The van der Waals surface area contributed by atoms with E-state index < -0.39 is 5.60 Å². The van der Waals surface area contributed by atoms with Gasteiger partial charge in [0.25, 0.3) is 5.91 Å². The van der Waals surface area contributed by atoms with Gasteiger partial charge in [0.15, 0.2) is 0 Å². The molecular weight excluding hydrogens is 350 g/mol. The Bertz CT molecular complexity index is 948. The Morgan fingerprint density at radius 3 is 2.39 bits per heavy atom. The predicted molar refractivity (Wildman–Crippen MR) is 110 cm³/mol. The maximum absolute atomic E-state index is 12.8. The van der Waals surface area contributed by atoms with Gasteiger partial charge < -0.3 is 10.0 Å². The zero-order chi connectivity index (χ0) is 20.3. The summed E-state index contributed by atoms with van der Waals surface area (Å²) in [4.78, 5) is 23.1. The number of carbonyl (C=O) groups excluding carboxylic acids is 1. The van der Waals surface area contributed by atoms with Gasteiger partial charge in [0.1, 0.15) is 0 Å². The second-order valence-corrected chi connectivity index (χ2v) is 7.45. The Balaban J connectivity index is 1.80. The number of carbonyl (C=O) groups is 1. The fraction of sp³-hybridized carbons (Fsp3) is 0.261. The molecule has 0 aliphatic rings. The summed E-state index contributed by atoms with van der Waals surface area (Å²) in [6.45, 7) is 5.42. The molecule has 28 heavy (non-hydrogen) atoms. The molecule has 3 rings (SSSR count). The summed E-state index contributed by atoms with van der Waals surface area (Å²) in [6.07, 6.45) is 5.14. The molecule has 1 atom stereocenters. The van der Waals surface area contributed by atoms with Gasteiger partial charge in [0.2, 0.25) is 0 Å². The minimum absolute atomic E-state index is 0.0620. The lowest BCUT2D eigenvalue weighted by molar-refractivity contribution is 0.0739. The quantitative estimate of drug-likeness (QED) is 0.726. The van der Waals surface area contributed by atoms with Crippen LogP contribution < -0.4 is 0 Å². The highest BCUT2D eigenvalue weighted by atomic mass is 16.3. The lowest BCUT2D eigenvalue weighted by Gasteiger charge is -2.24. The van der Waals surface area contributed by atoms with Gasteiger partial charge in [-0.3, -0.25) is 14.8 Å². The first-order valence-electron chi connectivity index (χ1n) is 9.24. The van der Waals surface area contributed by atoms with Crippen LogP contribution >= 0.6 is 0 Å². The highest BCUT2D eigenvalue weighted by Crippen LogP contribution is 2.26. The summed E-state index contributed by atoms with van der Waals surface area (Å²) >= 11 is 0. The Hall–Kier alpha value is -3.05. The molecule has 144 valence electrons. The normalized spacial score (nSPS) is 12.5. The molecule has 5 nitrogen and oxygen atoms in total. The van der Waals surface area contributed by atoms with E-state index in [1.165, 1.54) is 0 Å². The number of hydrogen-bond acceptors (Lipinski definition) is 4. The monoisotopic (exact) mass is 375 g/mol. The molecule has 0 saturated heterocycles. The van der Waals surface area contributed by atoms with Gasteiger partial charge in [-0.05, 0) is 56.7 Å². The fourth-order valence-corrected chi connectivity index (χ4v) is 2.94. The molecule has 2 heterocycles. The average molecular weight is 375 g/mol. The van der Waals surface area contributed by atoms with E-state index in [0.29, 0.717) is 5.56 Å². The number of rotatable bonds is 5. The molecular formula is C23H25N3O2. The van der Waals surface area contributed by atoms with Crippen molar-refractivity contribution in [1.82, 2.24) is 14.9 Å². The van der Waals surface area contributed by atoms with Crippen molar-refractivity contribution in [1.29, 1.82) is 0 Å². The highest BCUT2D eigenvalue weighted by Gasteiger charge is 2.20. The Morgan fingerprint density at radius 2 is 1.79 bits per heavy atom. The van der Waals surface area contributed by atoms with E-state index in [0.717, 1.165) is 22.4 Å². The molecule has 1 N–H and O–H groups in total. The van der Waals surface area contributed by atoms with Crippen molar-refractivity contribution in [3.05, 3.63) is 83.9 Å². The topological polar surface area (TPSA) is 66.3 Å². The molecule has 0 saturated carbocycles. The van der Waals surface area contributed by atoms with Crippen LogP contribution in [0.4, 0.5) is 0 Å². The molecule has 0 bridgehead atoms. The van der Waals surface area contributed by atoms with E-state index in [1.54, 1.807) is 44.4 Å². The van der Waals surface area contributed by atoms with Gasteiger partial charge >= 0.3 is 0 Å². The molecule has 1 aromatic carbocycles. The van der Waals surface area contributed by atoms with Crippen molar-refractivity contribution >= 4 is 5.91 Å². The molecule has 1 unspecified atom stereocenters. The maximum atomic E-state index is 12.8. The Kier molecular flexibility index (Phi) is 5.56. The number of benzene rings is 1. The minimum atomic E-state index is -0.955. The third-order valence-corrected chi connectivity index (χ3v) is 4.93. The van der Waals surface area contributed by atoms with E-state index in [1.807, 2.05) is 55.5 Å². The van der Waals surface area contributed by atoms with Gasteiger partial charge in [-0.1, -0.05) is 18.2 Å². The van der Waals surface area contributed by atoms with Gasteiger partial charge in [0.05, 0.1) is 17.3 Å². The number of aliphatic hydroxyl groups is 1. The third kappa shape index (κ3) is 4.26. The van der Waals surface area contributed by atoms with Crippen LogP contribution in [0, 0.1) is 0 Å². The molecule has 0 aliphatic heterocycles. The molecule has 0 fully saturated rings. The molecule has 0 spiro atoms. The third-order valence-electron chi connectivity index (χ3n) is 4.93. The van der Waals surface area contributed by atoms with E-state index in [-0.39, 0.29) is 11.9 Å². The van der Waals surface area contributed by atoms with Crippen molar-refractivity contribution in [2.24, 2.45) is 0 Å². The summed E-state index contributed by atoms with van der Waals surface area (Å²) in [6, 6.07) is 14.9. The fourth-order valence-electron chi connectivity index (χ4n) is 2.94. The summed E-state index contributed by atoms with van der Waals surface area (Å²) < 4.78 is 0. The standard InChI is InChI=1S/C23H25N3O2/c1-16(21-7-5-6-12-25-21)26(4)22(27)18-10-8-17(9-11-18)19-13-20(15-24-14-19)23(2,3)28/h5-16,28H,1-4H3. The SMILES string of the molecule is CC(c1ccccn1)N(C)C(=O)c1ccc(-c2cncc(C(C)(C)O)c2)cc1. The number of aromatic nitrogens is 2. The average Bonchev–Trinajstić information content (AvgIpc) is 2.72. The number of hydrogen-bond donors (Lipinski definition) is 1. The van der Waals surface area contributed by atoms with Crippen molar-refractivity contribution in [2.75, 3.05) is 7.05 Å². The summed E-state index contributed by atoms with van der Waals surface area (Å²) in [5, 5.41) is 10.2. The molecule has 0 radical (unpaired) electrons. The van der Waals surface area contributed by atoms with Crippen molar-refractivity contribution < 1.29 is 9.90 Å². The molecule has 2 aromatic heterocycles. The molecule has 1 amide bonds. The second-order valence-electron chi connectivity index (χ2n) is 7.45. The van der Waals surface area contributed by atoms with Crippen LogP contribution in [0.5, 0.6) is 0 Å². The maximum Gasteiger partial charge on any atom is 0.254 e. The van der Waals surface area contributed by atoms with Crippen LogP contribution in [0.25, 0.3) is 11.1 Å². The molecule has 0 aliphatic carbocycles. The smallest absolute Gasteiger partial charge is 0.254 e. The van der Waals surface area contributed by atoms with Crippen molar-refractivity contribution in [2.45, 2.75) is 32.4 Å². The van der Waals surface area contributed by atoms with Crippen LogP contribution in [0.15, 0.2) is 67.1 Å². The summed E-state index contributed by atoms with van der Waals surface area (Å²) in [5.41, 5.74) is 3.09. The number of amides is 1. The zero-order valence-electron chi connectivity index (χ0n) is 16.6. The van der Waals surface area contributed by atoms with E-state index in [9.17, 15) is 9.90 Å². The van der Waals surface area contributed by atoms with Crippen molar-refractivity contribution in [3.8, 4) is 11.1 Å². The van der Waals surface area contributed by atoms with Crippen LogP contribution in [-0.2, 0) is 5.60 Å². The highest BCUT2D eigenvalue weighted by molar-refractivity contribution is 5.94. The first-order chi connectivity index (χ1) is 13.3. The van der Waals surface area contributed by atoms with E-state index in [4.69, 9.17) is 0 Å². The van der Waals surface area contributed by atoms with Crippen LogP contribution in [0.3, 0.4) is 0 Å². The summed E-state index contributed by atoms with van der Waals surface area (Å²) in [7, 11) is 1.78. The zero-order valence-corrected chi connectivity index (χ0v) is 16.6. The number of nitrogens with zero attached hydrogens (tertiary/aromatic N) is 3. The first-order valence-corrected chi connectivity index (χ1v) is 9.24. The lowest BCUT2D eigenvalue weighted by atomic mass is 9.96. The van der Waals surface area contributed by atoms with Gasteiger partial charge in [0, 0.05) is 42.3 Å².